The molecular formula is C12H12N4O4. The molecular weight excluding hydrogens is 264 g/mol. The van der Waals surface area contributed by atoms with E-state index in [0.29, 0.717) is 5.52 Å². The molecule has 8 heteroatoms. The van der Waals surface area contributed by atoms with Crippen molar-refractivity contribution in [2.45, 2.75) is 12.5 Å². The van der Waals surface area contributed by atoms with Crippen LogP contribution in [0.3, 0.4) is 0 Å². The molecule has 0 saturated carbocycles. The number of aliphatic carboxylic acids is 1. The first-order chi connectivity index (χ1) is 9.49. The lowest BCUT2D eigenvalue weighted by molar-refractivity contribution is -0.140. The van der Waals surface area contributed by atoms with Crippen LogP contribution in [0, 0.1) is 0 Å². The van der Waals surface area contributed by atoms with Crippen molar-refractivity contribution in [2.75, 3.05) is 0 Å². The summed E-state index contributed by atoms with van der Waals surface area (Å²) in [5.41, 5.74) is 5.70. The Morgan fingerprint density at radius 1 is 1.40 bits per heavy atom. The molecule has 0 aliphatic heterocycles. The van der Waals surface area contributed by atoms with E-state index in [4.69, 9.17) is 10.8 Å². The Kier molecular flexibility index (Phi) is 3.65. The number of hydrogen-bond acceptors (Lipinski definition) is 4. The van der Waals surface area contributed by atoms with Gasteiger partial charge in [-0.1, -0.05) is 6.07 Å². The molecule has 0 fully saturated rings. The highest BCUT2D eigenvalue weighted by Crippen LogP contribution is 2.10. The van der Waals surface area contributed by atoms with Gasteiger partial charge in [0.25, 0.3) is 5.91 Å². The van der Waals surface area contributed by atoms with Crippen LogP contribution in [0.15, 0.2) is 30.6 Å². The Morgan fingerprint density at radius 3 is 2.80 bits per heavy atom. The van der Waals surface area contributed by atoms with Crippen LogP contribution in [-0.2, 0) is 9.59 Å². The first kappa shape index (κ1) is 13.5. The fourth-order valence-electron chi connectivity index (χ4n) is 1.75. The maximum atomic E-state index is 12.0. The summed E-state index contributed by atoms with van der Waals surface area (Å²) in [6.45, 7) is 0. The molecule has 1 atom stereocenters. The van der Waals surface area contributed by atoms with Crippen molar-refractivity contribution in [3.05, 3.63) is 36.2 Å². The van der Waals surface area contributed by atoms with Gasteiger partial charge >= 0.3 is 5.97 Å². The van der Waals surface area contributed by atoms with Gasteiger partial charge in [-0.2, -0.15) is 5.10 Å². The van der Waals surface area contributed by atoms with E-state index in [1.165, 1.54) is 10.7 Å². The highest BCUT2D eigenvalue weighted by Gasteiger charge is 2.24. The fraction of sp³-hybridized carbons (Fsp3) is 0.167. The smallest absolute Gasteiger partial charge is 0.326 e. The average Bonchev–Trinajstić information content (AvgIpc) is 2.81. The van der Waals surface area contributed by atoms with Crippen molar-refractivity contribution < 1.29 is 19.5 Å². The first-order valence-corrected chi connectivity index (χ1v) is 5.73. The van der Waals surface area contributed by atoms with Crippen LogP contribution in [0.4, 0.5) is 0 Å². The number of amides is 2. The third-order valence-corrected chi connectivity index (χ3v) is 2.68. The highest BCUT2D eigenvalue weighted by atomic mass is 16.4. The van der Waals surface area contributed by atoms with Crippen molar-refractivity contribution in [2.24, 2.45) is 5.73 Å². The number of nitrogens with zero attached hydrogens (tertiary/aromatic N) is 2. The normalized spacial score (nSPS) is 12.0. The van der Waals surface area contributed by atoms with Crippen molar-refractivity contribution >= 4 is 23.3 Å². The van der Waals surface area contributed by atoms with E-state index in [9.17, 15) is 14.4 Å². The molecule has 0 radical (unpaired) electrons. The van der Waals surface area contributed by atoms with Crippen LogP contribution in [0.25, 0.3) is 5.52 Å². The number of carbonyl (C=O) groups is 3. The van der Waals surface area contributed by atoms with E-state index in [2.05, 4.69) is 10.4 Å². The molecule has 1 unspecified atom stereocenters. The van der Waals surface area contributed by atoms with Gasteiger partial charge in [0.05, 0.1) is 23.7 Å². The summed E-state index contributed by atoms with van der Waals surface area (Å²) in [6.07, 6.45) is 2.51. The summed E-state index contributed by atoms with van der Waals surface area (Å²) >= 11 is 0. The van der Waals surface area contributed by atoms with Crippen LogP contribution in [0.1, 0.15) is 16.8 Å². The van der Waals surface area contributed by atoms with E-state index < -0.39 is 30.2 Å². The number of rotatable bonds is 5. The summed E-state index contributed by atoms with van der Waals surface area (Å²) in [5, 5.41) is 15.2. The number of nitrogens with one attached hydrogen (secondary N) is 1. The molecule has 2 amide bonds. The van der Waals surface area contributed by atoms with Gasteiger partial charge in [0.15, 0.2) is 0 Å². The predicted molar refractivity (Wildman–Crippen MR) is 67.9 cm³/mol. The molecule has 0 bridgehead atoms. The Morgan fingerprint density at radius 2 is 2.15 bits per heavy atom. The highest BCUT2D eigenvalue weighted by molar-refractivity contribution is 6.02. The molecule has 0 aliphatic carbocycles. The second kappa shape index (κ2) is 5.39. The van der Waals surface area contributed by atoms with Gasteiger partial charge in [-0.25, -0.2) is 9.31 Å². The van der Waals surface area contributed by atoms with E-state index in [1.54, 1.807) is 24.4 Å². The third-order valence-electron chi connectivity index (χ3n) is 2.68. The van der Waals surface area contributed by atoms with Gasteiger partial charge in [-0.15, -0.1) is 0 Å². The zero-order chi connectivity index (χ0) is 14.7. The van der Waals surface area contributed by atoms with Crippen molar-refractivity contribution in [3.8, 4) is 0 Å². The fourth-order valence-corrected chi connectivity index (χ4v) is 1.75. The second-order valence-corrected chi connectivity index (χ2v) is 4.12. The van der Waals surface area contributed by atoms with Crippen LogP contribution in [0.2, 0.25) is 0 Å². The summed E-state index contributed by atoms with van der Waals surface area (Å²) in [5.74, 6) is -2.76. The molecule has 2 rings (SSSR count). The average molecular weight is 276 g/mol. The molecule has 2 aromatic rings. The van der Waals surface area contributed by atoms with Gasteiger partial charge in [-0.05, 0) is 12.1 Å². The van der Waals surface area contributed by atoms with Crippen LogP contribution >= 0.6 is 0 Å². The summed E-state index contributed by atoms with van der Waals surface area (Å²) in [7, 11) is 0. The molecule has 2 aromatic heterocycles. The lowest BCUT2D eigenvalue weighted by Gasteiger charge is -2.12. The number of fused-ring (bicyclic) bond motifs is 1. The Balaban J connectivity index is 2.22. The third kappa shape index (κ3) is 2.74. The second-order valence-electron chi connectivity index (χ2n) is 4.12. The standard InChI is InChI=1S/C12H12N4O4/c13-10(17)5-8(12(19)20)15-11(18)7-6-14-16-4-2-1-3-9(7)16/h1-4,6,8H,5H2,(H2,13,17)(H,15,18)(H,19,20). The number of hydrogen-bond donors (Lipinski definition) is 3. The van der Waals surface area contributed by atoms with Crippen LogP contribution < -0.4 is 11.1 Å². The topological polar surface area (TPSA) is 127 Å². The minimum absolute atomic E-state index is 0.223. The molecule has 8 nitrogen and oxygen atoms in total. The van der Waals surface area contributed by atoms with Crippen molar-refractivity contribution in [1.29, 1.82) is 0 Å². The molecule has 104 valence electrons. The number of pyridine rings is 1. The van der Waals surface area contributed by atoms with Gasteiger partial charge in [-0.3, -0.25) is 9.59 Å². The largest absolute Gasteiger partial charge is 0.480 e. The molecule has 20 heavy (non-hydrogen) atoms. The quantitative estimate of drug-likeness (QED) is 0.671. The Labute approximate surface area is 113 Å². The van der Waals surface area contributed by atoms with Gasteiger partial charge in [0.1, 0.15) is 6.04 Å². The minimum Gasteiger partial charge on any atom is -0.480 e. The molecule has 4 N–H and O–H groups in total. The first-order valence-electron chi connectivity index (χ1n) is 5.73. The predicted octanol–water partition coefficient (Wildman–Crippen LogP) is -0.607. The molecule has 0 saturated heterocycles. The Bertz CT molecular complexity index is 679. The maximum Gasteiger partial charge on any atom is 0.326 e. The van der Waals surface area contributed by atoms with E-state index in [-0.39, 0.29) is 5.56 Å². The number of carboxylic acid groups (broad SMARTS) is 1. The van der Waals surface area contributed by atoms with E-state index in [0.717, 1.165) is 0 Å². The van der Waals surface area contributed by atoms with Crippen molar-refractivity contribution in [3.63, 3.8) is 0 Å². The zero-order valence-electron chi connectivity index (χ0n) is 10.3. The summed E-state index contributed by atoms with van der Waals surface area (Å²) in [6, 6.07) is 3.78. The maximum absolute atomic E-state index is 12.0. The monoisotopic (exact) mass is 276 g/mol. The van der Waals surface area contributed by atoms with Gasteiger partial charge in [0, 0.05) is 6.20 Å². The molecule has 0 aromatic carbocycles. The lowest BCUT2D eigenvalue weighted by Crippen LogP contribution is -2.43. The number of primary amides is 1. The number of nitrogens with two attached hydrogens (primary N) is 1. The molecule has 0 aliphatic rings. The SMILES string of the molecule is NC(=O)CC(NC(=O)c1cnn2ccccc12)C(=O)O. The minimum atomic E-state index is -1.36. The number of carboxylic acids is 1. The summed E-state index contributed by atoms with van der Waals surface area (Å²) < 4.78 is 1.48. The summed E-state index contributed by atoms with van der Waals surface area (Å²) in [4.78, 5) is 33.8. The zero-order valence-corrected chi connectivity index (χ0v) is 10.3. The number of aromatic nitrogens is 2. The van der Waals surface area contributed by atoms with Crippen LogP contribution in [-0.4, -0.2) is 38.5 Å². The molecule has 2 heterocycles. The molecule has 0 spiro atoms. The lowest BCUT2D eigenvalue weighted by atomic mass is 10.1. The Hall–Kier alpha value is -2.90. The van der Waals surface area contributed by atoms with Gasteiger partial charge < -0.3 is 16.2 Å². The van der Waals surface area contributed by atoms with E-state index >= 15 is 0 Å². The van der Waals surface area contributed by atoms with Gasteiger partial charge in [0.2, 0.25) is 5.91 Å². The van der Waals surface area contributed by atoms with Crippen molar-refractivity contribution in [1.82, 2.24) is 14.9 Å². The van der Waals surface area contributed by atoms with E-state index in [1.807, 2.05) is 0 Å². The number of carbonyl (C=O) groups excluding carboxylic acids is 2. The van der Waals surface area contributed by atoms with Crippen LogP contribution in [0.5, 0.6) is 0 Å².